The van der Waals surface area contributed by atoms with Crippen LogP contribution in [-0.4, -0.2) is 10.2 Å². The Morgan fingerprint density at radius 1 is 1.64 bits per heavy atom. The molecule has 0 aromatic carbocycles. The number of aromatic nitrogens is 1. The third-order valence-corrected chi connectivity index (χ3v) is 2.35. The van der Waals surface area contributed by atoms with Crippen molar-refractivity contribution in [3.8, 4) is 0 Å². The first kappa shape index (κ1) is 11.5. The van der Waals surface area contributed by atoms with Crippen molar-refractivity contribution in [1.29, 1.82) is 0 Å². The van der Waals surface area contributed by atoms with E-state index in [0.717, 1.165) is 6.20 Å². The summed E-state index contributed by atoms with van der Waals surface area (Å²) < 4.78 is 24.7. The quantitative estimate of drug-likeness (QED) is 0.630. The van der Waals surface area contributed by atoms with Crippen molar-refractivity contribution in [3.63, 3.8) is 0 Å². The smallest absolute Gasteiger partial charge is 0.266 e. The fraction of sp³-hybridized carbons (Fsp3) is 0.250. The highest BCUT2D eigenvalue weighted by molar-refractivity contribution is 9.08. The van der Waals surface area contributed by atoms with Gasteiger partial charge in [0.05, 0.1) is 5.69 Å². The lowest BCUT2D eigenvalue weighted by Crippen LogP contribution is -2.01. The standard InChI is InChI=1S/C8H5BrClF2NO/c9-2-4-1-5(7(10)14)6(3-13-4)8(11)12/h1,3,8H,2H2. The predicted octanol–water partition coefficient (Wildman–Crippen LogP) is 3.29. The summed E-state index contributed by atoms with van der Waals surface area (Å²) in [6, 6.07) is 1.26. The summed E-state index contributed by atoms with van der Waals surface area (Å²) in [5, 5.41) is -0.516. The van der Waals surface area contributed by atoms with E-state index >= 15 is 0 Å². The summed E-state index contributed by atoms with van der Waals surface area (Å²) in [6.45, 7) is 0. The summed E-state index contributed by atoms with van der Waals surface area (Å²) in [5.41, 5.74) is -0.140. The summed E-state index contributed by atoms with van der Waals surface area (Å²) in [5.74, 6) is 0. The first-order valence-corrected chi connectivity index (χ1v) is 5.09. The molecule has 0 aliphatic heterocycles. The normalized spacial score (nSPS) is 10.6. The Morgan fingerprint density at radius 3 is 2.71 bits per heavy atom. The van der Waals surface area contributed by atoms with Crippen LogP contribution in [0, 0.1) is 0 Å². The zero-order valence-corrected chi connectivity index (χ0v) is 9.15. The van der Waals surface area contributed by atoms with Gasteiger partial charge in [-0.25, -0.2) is 8.78 Å². The highest BCUT2D eigenvalue weighted by Crippen LogP contribution is 2.24. The van der Waals surface area contributed by atoms with Gasteiger partial charge in [0, 0.05) is 22.7 Å². The van der Waals surface area contributed by atoms with Crippen LogP contribution in [-0.2, 0) is 5.33 Å². The zero-order valence-electron chi connectivity index (χ0n) is 6.81. The average molecular weight is 284 g/mol. The SMILES string of the molecule is O=C(Cl)c1cc(CBr)ncc1C(F)F. The van der Waals surface area contributed by atoms with E-state index in [4.69, 9.17) is 11.6 Å². The van der Waals surface area contributed by atoms with Crippen molar-refractivity contribution in [3.05, 3.63) is 29.1 Å². The van der Waals surface area contributed by atoms with E-state index in [-0.39, 0.29) is 5.56 Å². The second-order valence-corrected chi connectivity index (χ2v) is 3.37. The molecule has 1 aromatic rings. The maximum Gasteiger partial charge on any atom is 0.266 e. The third kappa shape index (κ3) is 2.48. The van der Waals surface area contributed by atoms with Crippen LogP contribution in [0.25, 0.3) is 0 Å². The Hall–Kier alpha value is -0.550. The van der Waals surface area contributed by atoms with Gasteiger partial charge in [-0.1, -0.05) is 15.9 Å². The molecule has 1 heterocycles. The lowest BCUT2D eigenvalue weighted by molar-refractivity contribution is 0.106. The van der Waals surface area contributed by atoms with Crippen LogP contribution in [0.4, 0.5) is 8.78 Å². The highest BCUT2D eigenvalue weighted by atomic mass is 79.9. The van der Waals surface area contributed by atoms with Gasteiger partial charge in [-0.05, 0) is 17.7 Å². The number of alkyl halides is 3. The largest absolute Gasteiger partial charge is 0.276 e. The molecule has 6 heteroatoms. The molecule has 1 aromatic heterocycles. The van der Waals surface area contributed by atoms with Gasteiger partial charge >= 0.3 is 0 Å². The summed E-state index contributed by atoms with van der Waals surface area (Å²) in [4.78, 5) is 14.6. The molecule has 1 rings (SSSR count). The second-order valence-electron chi connectivity index (χ2n) is 2.47. The predicted molar refractivity (Wildman–Crippen MR) is 52.0 cm³/mol. The summed E-state index contributed by atoms with van der Waals surface area (Å²) in [6.07, 6.45) is -1.78. The van der Waals surface area contributed by atoms with E-state index < -0.39 is 17.2 Å². The lowest BCUT2D eigenvalue weighted by Gasteiger charge is -2.05. The molecule has 0 radical (unpaired) electrons. The molecule has 0 unspecified atom stereocenters. The van der Waals surface area contributed by atoms with E-state index in [2.05, 4.69) is 20.9 Å². The number of pyridine rings is 1. The van der Waals surface area contributed by atoms with Crippen molar-refractivity contribution < 1.29 is 13.6 Å². The van der Waals surface area contributed by atoms with Crippen molar-refractivity contribution >= 4 is 32.8 Å². The zero-order chi connectivity index (χ0) is 10.7. The molecule has 76 valence electrons. The van der Waals surface area contributed by atoms with Crippen LogP contribution >= 0.6 is 27.5 Å². The van der Waals surface area contributed by atoms with E-state index in [9.17, 15) is 13.6 Å². The molecule has 14 heavy (non-hydrogen) atoms. The topological polar surface area (TPSA) is 30.0 Å². The van der Waals surface area contributed by atoms with Gasteiger partial charge in [-0.2, -0.15) is 0 Å². The molecule has 0 saturated carbocycles. The minimum Gasteiger partial charge on any atom is -0.276 e. The van der Waals surface area contributed by atoms with E-state index in [1.165, 1.54) is 6.07 Å². The van der Waals surface area contributed by atoms with Gasteiger partial charge in [0.25, 0.3) is 11.7 Å². The Kier molecular flexibility index (Phi) is 3.95. The first-order chi connectivity index (χ1) is 6.56. The van der Waals surface area contributed by atoms with E-state index in [1.807, 2.05) is 0 Å². The average Bonchev–Trinajstić information content (AvgIpc) is 2.16. The molecule has 0 N–H and O–H groups in total. The fourth-order valence-electron chi connectivity index (χ4n) is 0.926. The monoisotopic (exact) mass is 283 g/mol. The van der Waals surface area contributed by atoms with Crippen molar-refractivity contribution in [1.82, 2.24) is 4.98 Å². The van der Waals surface area contributed by atoms with Crippen molar-refractivity contribution in [2.75, 3.05) is 0 Å². The second kappa shape index (κ2) is 4.79. The third-order valence-electron chi connectivity index (χ3n) is 1.58. The molecule has 0 saturated heterocycles. The minimum atomic E-state index is -2.75. The molecule has 0 bridgehead atoms. The summed E-state index contributed by atoms with van der Waals surface area (Å²) in [7, 11) is 0. The number of nitrogens with zero attached hydrogens (tertiary/aromatic N) is 1. The van der Waals surface area contributed by atoms with Crippen molar-refractivity contribution in [2.45, 2.75) is 11.8 Å². The number of carbonyl (C=O) groups is 1. The van der Waals surface area contributed by atoms with Crippen LogP contribution in [0.1, 0.15) is 28.0 Å². The number of halogens is 4. The molecule has 0 spiro atoms. The molecule has 0 amide bonds. The van der Waals surface area contributed by atoms with Gasteiger partial charge in [0.1, 0.15) is 0 Å². The number of hydrogen-bond donors (Lipinski definition) is 0. The fourth-order valence-corrected chi connectivity index (χ4v) is 1.40. The minimum absolute atomic E-state index is 0.189. The number of carbonyl (C=O) groups excluding carboxylic acids is 1. The van der Waals surface area contributed by atoms with Gasteiger partial charge in [0.15, 0.2) is 0 Å². The molecule has 2 nitrogen and oxygen atoms in total. The van der Waals surface area contributed by atoms with Crippen LogP contribution in [0.3, 0.4) is 0 Å². The number of rotatable bonds is 3. The highest BCUT2D eigenvalue weighted by Gasteiger charge is 2.18. The lowest BCUT2D eigenvalue weighted by atomic mass is 10.1. The molecule has 0 atom stereocenters. The maximum atomic E-state index is 12.4. The molecule has 0 fully saturated rings. The number of hydrogen-bond acceptors (Lipinski definition) is 2. The van der Waals surface area contributed by atoms with Gasteiger partial charge in [-0.15, -0.1) is 0 Å². The molecule has 0 aliphatic rings. The molecule has 0 aliphatic carbocycles. The van der Waals surface area contributed by atoms with Gasteiger partial charge in [-0.3, -0.25) is 9.78 Å². The van der Waals surface area contributed by atoms with Gasteiger partial charge < -0.3 is 0 Å². The summed E-state index contributed by atoms with van der Waals surface area (Å²) >= 11 is 8.26. The van der Waals surface area contributed by atoms with Crippen LogP contribution in [0.5, 0.6) is 0 Å². The maximum absolute atomic E-state index is 12.4. The van der Waals surface area contributed by atoms with Gasteiger partial charge in [0.2, 0.25) is 0 Å². The Morgan fingerprint density at radius 2 is 2.29 bits per heavy atom. The van der Waals surface area contributed by atoms with Crippen LogP contribution in [0.15, 0.2) is 12.3 Å². The molecular weight excluding hydrogens is 279 g/mol. The van der Waals surface area contributed by atoms with Crippen molar-refractivity contribution in [2.24, 2.45) is 0 Å². The molecular formula is C8H5BrClF2NO. The van der Waals surface area contributed by atoms with Crippen LogP contribution < -0.4 is 0 Å². The van der Waals surface area contributed by atoms with E-state index in [0.29, 0.717) is 11.0 Å². The Bertz CT molecular complexity index is 359. The Labute approximate surface area is 92.4 Å². The van der Waals surface area contributed by atoms with E-state index in [1.54, 1.807) is 0 Å². The Balaban J connectivity index is 3.24. The first-order valence-electron chi connectivity index (χ1n) is 3.59. The van der Waals surface area contributed by atoms with Crippen LogP contribution in [0.2, 0.25) is 0 Å².